The van der Waals surface area contributed by atoms with Gasteiger partial charge in [0.2, 0.25) is 0 Å². The number of hydrogen-bond donors (Lipinski definition) is 3. The highest BCUT2D eigenvalue weighted by atomic mass is 19.1. The fourth-order valence-electron chi connectivity index (χ4n) is 1.64. The predicted molar refractivity (Wildman–Crippen MR) is 71.1 cm³/mol. The molecule has 1 heterocycles. The number of carbonyl (C=O) groups excluding carboxylic acids is 1. The first-order valence-corrected chi connectivity index (χ1v) is 5.60. The molecule has 2 aromatic rings. The summed E-state index contributed by atoms with van der Waals surface area (Å²) in [5.74, 6) is 4.19. The number of aryl methyl sites for hydroxylation is 1. The molecule has 0 unspecified atom stereocenters. The van der Waals surface area contributed by atoms with Gasteiger partial charge in [-0.2, -0.15) is 0 Å². The molecule has 6 heteroatoms. The van der Waals surface area contributed by atoms with Crippen LogP contribution in [0.1, 0.15) is 15.9 Å². The second-order valence-electron chi connectivity index (χ2n) is 3.95. The molecule has 2 rings (SSSR count). The Hall–Kier alpha value is -2.47. The summed E-state index contributed by atoms with van der Waals surface area (Å²) in [6.07, 6.45) is 3.15. The van der Waals surface area contributed by atoms with Crippen LogP contribution in [-0.4, -0.2) is 10.9 Å². The van der Waals surface area contributed by atoms with Crippen LogP contribution in [-0.2, 0) is 0 Å². The number of nitrogens with two attached hydrogens (primary N) is 1. The molecule has 0 saturated carbocycles. The van der Waals surface area contributed by atoms with Gasteiger partial charge in [-0.1, -0.05) is 6.07 Å². The van der Waals surface area contributed by atoms with Crippen LogP contribution < -0.4 is 16.6 Å². The SMILES string of the molecule is Cc1ccncc1NC(=O)c1cccc(F)c1NN. The van der Waals surface area contributed by atoms with E-state index in [9.17, 15) is 9.18 Å². The highest BCUT2D eigenvalue weighted by Gasteiger charge is 2.15. The van der Waals surface area contributed by atoms with Crippen molar-refractivity contribution in [3.8, 4) is 0 Å². The maximum atomic E-state index is 13.5. The number of benzene rings is 1. The third-order valence-electron chi connectivity index (χ3n) is 2.69. The van der Waals surface area contributed by atoms with Gasteiger partial charge in [0, 0.05) is 6.20 Å². The fourth-order valence-corrected chi connectivity index (χ4v) is 1.64. The molecular formula is C13H13FN4O. The second-order valence-corrected chi connectivity index (χ2v) is 3.95. The average molecular weight is 260 g/mol. The van der Waals surface area contributed by atoms with E-state index in [0.717, 1.165) is 5.56 Å². The van der Waals surface area contributed by atoms with Crippen LogP contribution in [0.25, 0.3) is 0 Å². The van der Waals surface area contributed by atoms with Gasteiger partial charge in [0.1, 0.15) is 5.82 Å². The Morgan fingerprint density at radius 3 is 2.84 bits per heavy atom. The van der Waals surface area contributed by atoms with Gasteiger partial charge in [-0.05, 0) is 30.7 Å². The fraction of sp³-hybridized carbons (Fsp3) is 0.0769. The molecule has 0 aliphatic carbocycles. The van der Waals surface area contributed by atoms with Crippen LogP contribution in [0.2, 0.25) is 0 Å². The van der Waals surface area contributed by atoms with Crippen LogP contribution in [0.4, 0.5) is 15.8 Å². The van der Waals surface area contributed by atoms with Crippen molar-refractivity contribution in [3.05, 3.63) is 53.6 Å². The van der Waals surface area contributed by atoms with E-state index in [4.69, 9.17) is 5.84 Å². The number of amides is 1. The van der Waals surface area contributed by atoms with E-state index < -0.39 is 11.7 Å². The van der Waals surface area contributed by atoms with Gasteiger partial charge >= 0.3 is 0 Å². The minimum absolute atomic E-state index is 0.0402. The van der Waals surface area contributed by atoms with Gasteiger partial charge in [-0.25, -0.2) is 4.39 Å². The molecule has 0 fully saturated rings. The molecule has 0 aliphatic rings. The van der Waals surface area contributed by atoms with Crippen molar-refractivity contribution in [1.29, 1.82) is 0 Å². The van der Waals surface area contributed by atoms with E-state index in [2.05, 4.69) is 15.7 Å². The zero-order chi connectivity index (χ0) is 13.8. The molecule has 1 amide bonds. The topological polar surface area (TPSA) is 80.0 Å². The Labute approximate surface area is 109 Å². The summed E-state index contributed by atoms with van der Waals surface area (Å²) >= 11 is 0. The van der Waals surface area contributed by atoms with Crippen molar-refractivity contribution in [2.45, 2.75) is 6.92 Å². The van der Waals surface area contributed by atoms with Crippen LogP contribution in [0, 0.1) is 12.7 Å². The number of nitrogen functional groups attached to an aromatic ring is 1. The number of nitrogens with zero attached hydrogens (tertiary/aromatic N) is 1. The number of para-hydroxylation sites is 1. The molecule has 0 radical (unpaired) electrons. The van der Waals surface area contributed by atoms with Crippen molar-refractivity contribution in [2.75, 3.05) is 10.7 Å². The second kappa shape index (κ2) is 5.45. The molecule has 19 heavy (non-hydrogen) atoms. The highest BCUT2D eigenvalue weighted by Crippen LogP contribution is 2.20. The van der Waals surface area contributed by atoms with Crippen LogP contribution in [0.15, 0.2) is 36.7 Å². The summed E-state index contributed by atoms with van der Waals surface area (Å²) in [6.45, 7) is 1.84. The Balaban J connectivity index is 2.31. The minimum Gasteiger partial charge on any atom is -0.321 e. The van der Waals surface area contributed by atoms with Crippen molar-refractivity contribution < 1.29 is 9.18 Å². The molecule has 5 nitrogen and oxygen atoms in total. The van der Waals surface area contributed by atoms with E-state index >= 15 is 0 Å². The third kappa shape index (κ3) is 2.69. The summed E-state index contributed by atoms with van der Waals surface area (Å²) in [5.41, 5.74) is 3.72. The molecule has 0 bridgehead atoms. The standard InChI is InChI=1S/C13H13FN4O/c1-8-5-6-16-7-11(8)17-13(19)9-3-2-4-10(14)12(9)18-15/h2-7,18H,15H2,1H3,(H,17,19). The van der Waals surface area contributed by atoms with Crippen molar-refractivity contribution in [1.82, 2.24) is 4.98 Å². The summed E-state index contributed by atoms with van der Waals surface area (Å²) in [5, 5.41) is 2.66. The number of anilines is 2. The zero-order valence-corrected chi connectivity index (χ0v) is 10.3. The van der Waals surface area contributed by atoms with E-state index in [1.165, 1.54) is 24.4 Å². The number of halogens is 1. The van der Waals surface area contributed by atoms with Crippen LogP contribution in [0.3, 0.4) is 0 Å². The first-order chi connectivity index (χ1) is 9.13. The molecule has 1 aromatic carbocycles. The maximum absolute atomic E-state index is 13.5. The molecule has 98 valence electrons. The van der Waals surface area contributed by atoms with E-state index in [1.807, 2.05) is 6.92 Å². The number of pyridine rings is 1. The number of aromatic nitrogens is 1. The number of carbonyl (C=O) groups is 1. The molecule has 0 atom stereocenters. The molecular weight excluding hydrogens is 247 g/mol. The van der Waals surface area contributed by atoms with Crippen molar-refractivity contribution in [3.63, 3.8) is 0 Å². The predicted octanol–water partition coefficient (Wildman–Crippen LogP) is 2.07. The van der Waals surface area contributed by atoms with Gasteiger partial charge in [-0.15, -0.1) is 0 Å². The van der Waals surface area contributed by atoms with Gasteiger partial charge in [0.25, 0.3) is 5.91 Å². The lowest BCUT2D eigenvalue weighted by molar-refractivity contribution is 0.102. The summed E-state index contributed by atoms with van der Waals surface area (Å²) < 4.78 is 13.5. The van der Waals surface area contributed by atoms with E-state index in [0.29, 0.717) is 5.69 Å². The molecule has 0 aliphatic heterocycles. The van der Waals surface area contributed by atoms with Crippen molar-refractivity contribution in [2.24, 2.45) is 5.84 Å². The Morgan fingerprint density at radius 2 is 2.16 bits per heavy atom. The molecule has 4 N–H and O–H groups in total. The van der Waals surface area contributed by atoms with Gasteiger partial charge < -0.3 is 10.7 Å². The summed E-state index contributed by atoms with van der Waals surface area (Å²) in [4.78, 5) is 16.0. The Kier molecular flexibility index (Phi) is 3.72. The zero-order valence-electron chi connectivity index (χ0n) is 10.3. The molecule has 0 saturated heterocycles. The first-order valence-electron chi connectivity index (χ1n) is 5.60. The molecule has 1 aromatic heterocycles. The number of rotatable bonds is 3. The largest absolute Gasteiger partial charge is 0.321 e. The van der Waals surface area contributed by atoms with Crippen LogP contribution in [0.5, 0.6) is 0 Å². The summed E-state index contributed by atoms with van der Waals surface area (Å²) in [7, 11) is 0. The smallest absolute Gasteiger partial charge is 0.257 e. The normalized spacial score (nSPS) is 10.1. The van der Waals surface area contributed by atoms with Crippen LogP contribution >= 0.6 is 0 Å². The Morgan fingerprint density at radius 1 is 1.37 bits per heavy atom. The average Bonchev–Trinajstić information content (AvgIpc) is 2.41. The quantitative estimate of drug-likeness (QED) is 0.583. The monoisotopic (exact) mass is 260 g/mol. The first kappa shape index (κ1) is 13.0. The number of hydrogen-bond acceptors (Lipinski definition) is 4. The lowest BCUT2D eigenvalue weighted by Gasteiger charge is -2.11. The van der Waals surface area contributed by atoms with Gasteiger partial charge in [-0.3, -0.25) is 15.6 Å². The van der Waals surface area contributed by atoms with Gasteiger partial charge in [0.05, 0.1) is 23.1 Å². The minimum atomic E-state index is -0.585. The van der Waals surface area contributed by atoms with E-state index in [-0.39, 0.29) is 11.3 Å². The lowest BCUT2D eigenvalue weighted by atomic mass is 10.1. The number of hydrazine groups is 1. The Bertz CT molecular complexity index is 615. The lowest BCUT2D eigenvalue weighted by Crippen LogP contribution is -2.18. The summed E-state index contributed by atoms with van der Waals surface area (Å²) in [6, 6.07) is 5.92. The van der Waals surface area contributed by atoms with Crippen molar-refractivity contribution >= 4 is 17.3 Å². The van der Waals surface area contributed by atoms with Gasteiger partial charge in [0.15, 0.2) is 0 Å². The van der Waals surface area contributed by atoms with E-state index in [1.54, 1.807) is 12.3 Å². The number of nitrogens with one attached hydrogen (secondary N) is 2. The highest BCUT2D eigenvalue weighted by molar-refractivity contribution is 6.08. The molecule has 0 spiro atoms. The maximum Gasteiger partial charge on any atom is 0.257 e. The third-order valence-corrected chi connectivity index (χ3v) is 2.69.